The lowest BCUT2D eigenvalue weighted by Crippen LogP contribution is -2.46. The van der Waals surface area contributed by atoms with Crippen LogP contribution in [0.4, 0.5) is 10.5 Å². The van der Waals surface area contributed by atoms with E-state index in [4.69, 9.17) is 25.8 Å². The molecule has 0 aromatic heterocycles. The maximum atomic E-state index is 11.9. The van der Waals surface area contributed by atoms with Crippen molar-refractivity contribution >= 4 is 23.4 Å². The first-order chi connectivity index (χ1) is 20.3. The van der Waals surface area contributed by atoms with E-state index in [1.54, 1.807) is 12.1 Å². The third-order valence-corrected chi connectivity index (χ3v) is 8.16. The fourth-order valence-electron chi connectivity index (χ4n) is 5.49. The molecule has 0 bridgehead atoms. The molecule has 222 valence electrons. The Morgan fingerprint density at radius 3 is 2.33 bits per heavy atom. The van der Waals surface area contributed by atoms with Crippen molar-refractivity contribution in [3.63, 3.8) is 0 Å². The molecule has 1 amide bonds. The minimum Gasteiger partial charge on any atom is -0.445 e. The van der Waals surface area contributed by atoms with Gasteiger partial charge < -0.3 is 29.3 Å². The van der Waals surface area contributed by atoms with Crippen LogP contribution in [-0.4, -0.2) is 53.6 Å². The number of likely N-dealkylation sites (tertiary alicyclic amines) is 1. The highest BCUT2D eigenvalue weighted by Crippen LogP contribution is 2.39. The zero-order valence-corrected chi connectivity index (χ0v) is 24.2. The lowest BCUT2D eigenvalue weighted by molar-refractivity contribution is -0.253. The Morgan fingerprint density at radius 2 is 1.69 bits per heavy atom. The number of anilines is 1. The number of ether oxygens (including phenoxy) is 3. The Morgan fingerprint density at radius 1 is 1.02 bits per heavy atom. The number of hydrogen-bond acceptors (Lipinski definition) is 7. The molecular formula is C33H37ClN2O6. The van der Waals surface area contributed by atoms with Crippen LogP contribution in [0.5, 0.6) is 0 Å². The highest BCUT2D eigenvalue weighted by Gasteiger charge is 2.37. The number of benzene rings is 3. The Hall–Kier alpha value is -3.24. The van der Waals surface area contributed by atoms with Crippen LogP contribution in [0.2, 0.25) is 5.02 Å². The van der Waals surface area contributed by atoms with E-state index in [0.717, 1.165) is 35.3 Å². The number of piperidine rings is 1. The number of halogens is 1. The lowest BCUT2D eigenvalue weighted by Gasteiger charge is -2.42. The van der Waals surface area contributed by atoms with Crippen LogP contribution < -0.4 is 5.32 Å². The number of rotatable bonds is 9. The normalized spacial score (nSPS) is 22.3. The molecule has 3 aromatic carbocycles. The number of hydrogen-bond donors (Lipinski definition) is 3. The summed E-state index contributed by atoms with van der Waals surface area (Å²) < 4.78 is 17.9. The second-order valence-corrected chi connectivity index (χ2v) is 11.3. The van der Waals surface area contributed by atoms with Crippen LogP contribution in [0.15, 0.2) is 85.5 Å². The molecule has 0 spiro atoms. The Labute approximate surface area is 251 Å². The van der Waals surface area contributed by atoms with Gasteiger partial charge in [0.15, 0.2) is 6.29 Å². The summed E-state index contributed by atoms with van der Waals surface area (Å²) in [6.07, 6.45) is 1.95. The Kier molecular flexibility index (Phi) is 9.95. The minimum absolute atomic E-state index is 0.0149. The van der Waals surface area contributed by atoms with Crippen molar-refractivity contribution in [2.75, 3.05) is 31.6 Å². The maximum Gasteiger partial charge on any atom is 0.411 e. The topological polar surface area (TPSA) is 100 Å². The van der Waals surface area contributed by atoms with Crippen molar-refractivity contribution in [3.05, 3.63) is 113 Å². The largest absolute Gasteiger partial charge is 0.445 e. The quantitative estimate of drug-likeness (QED) is 0.258. The summed E-state index contributed by atoms with van der Waals surface area (Å²) in [7, 11) is 0. The van der Waals surface area contributed by atoms with Crippen molar-refractivity contribution in [3.8, 4) is 0 Å². The van der Waals surface area contributed by atoms with E-state index in [2.05, 4.69) is 16.8 Å². The van der Waals surface area contributed by atoms with Gasteiger partial charge in [-0.1, -0.05) is 72.8 Å². The molecule has 2 saturated heterocycles. The van der Waals surface area contributed by atoms with Gasteiger partial charge in [0.2, 0.25) is 0 Å². The third kappa shape index (κ3) is 7.58. The van der Waals surface area contributed by atoms with E-state index in [-0.39, 0.29) is 25.4 Å². The molecule has 3 atom stereocenters. The zero-order chi connectivity index (χ0) is 29.5. The van der Waals surface area contributed by atoms with Crippen LogP contribution in [0.25, 0.3) is 0 Å². The van der Waals surface area contributed by atoms with Crippen molar-refractivity contribution < 1.29 is 29.2 Å². The van der Waals surface area contributed by atoms with E-state index < -0.39 is 18.0 Å². The molecule has 2 aliphatic rings. The number of carbonyl (C=O) groups excluding carboxylic acids is 1. The maximum absolute atomic E-state index is 11.9. The minimum atomic E-state index is -0.870. The van der Waals surface area contributed by atoms with Crippen LogP contribution in [0.1, 0.15) is 53.9 Å². The fourth-order valence-corrected chi connectivity index (χ4v) is 5.61. The zero-order valence-electron chi connectivity index (χ0n) is 23.5. The van der Waals surface area contributed by atoms with E-state index in [1.807, 2.05) is 60.7 Å². The summed E-state index contributed by atoms with van der Waals surface area (Å²) in [6.45, 7) is 5.84. The Balaban J connectivity index is 1.27. The highest BCUT2D eigenvalue weighted by molar-refractivity contribution is 6.30. The summed E-state index contributed by atoms with van der Waals surface area (Å²) in [5, 5.41) is 24.1. The van der Waals surface area contributed by atoms with E-state index in [1.165, 1.54) is 6.08 Å². The van der Waals surface area contributed by atoms with Gasteiger partial charge in [0.1, 0.15) is 6.61 Å². The molecule has 0 saturated carbocycles. The molecule has 3 aromatic rings. The number of aliphatic hydroxyl groups is 2. The average Bonchev–Trinajstić information content (AvgIpc) is 3.02. The number of nitrogens with zero attached hydrogens (tertiary/aromatic N) is 1. The van der Waals surface area contributed by atoms with Crippen molar-refractivity contribution in [2.24, 2.45) is 0 Å². The molecule has 5 rings (SSSR count). The van der Waals surface area contributed by atoms with Crippen molar-refractivity contribution in [1.29, 1.82) is 0 Å². The van der Waals surface area contributed by atoms with Crippen LogP contribution in [-0.2, 0) is 26.4 Å². The molecular weight excluding hydrogens is 556 g/mol. The molecule has 2 aliphatic heterocycles. The fraction of sp³-hybridized carbons (Fsp3) is 0.364. The molecule has 2 heterocycles. The van der Waals surface area contributed by atoms with Crippen LogP contribution in [0, 0.1) is 0 Å². The van der Waals surface area contributed by atoms with Gasteiger partial charge in [-0.25, -0.2) is 4.79 Å². The van der Waals surface area contributed by atoms with Crippen molar-refractivity contribution in [1.82, 2.24) is 4.90 Å². The second kappa shape index (κ2) is 13.8. The SMILES string of the molecule is C=CCOC(=O)Nc1ccc(C2OC(CN3CCC(O)(c4ccc(Cl)cc4)CC3)CC(c3ccc(CO)cc3)O2)cc1. The molecule has 9 heteroatoms. The lowest BCUT2D eigenvalue weighted by atomic mass is 9.84. The molecule has 42 heavy (non-hydrogen) atoms. The van der Waals surface area contributed by atoms with Crippen molar-refractivity contribution in [2.45, 2.75) is 50.0 Å². The predicted molar refractivity (Wildman–Crippen MR) is 161 cm³/mol. The molecule has 3 N–H and O–H groups in total. The standard InChI is InChI=1S/C33H37ClN2O6/c1-2-19-40-32(38)35-28-13-7-25(8-14-28)31-41-29(20-30(42-31)24-5-3-23(22-37)4-6-24)21-36-17-15-33(39,16-18-36)26-9-11-27(34)12-10-26/h2-14,29-31,37,39H,1,15-22H2,(H,35,38). The van der Waals surface area contributed by atoms with E-state index in [0.29, 0.717) is 36.5 Å². The van der Waals surface area contributed by atoms with Gasteiger partial charge in [-0.3, -0.25) is 5.32 Å². The van der Waals surface area contributed by atoms with Crippen LogP contribution >= 0.6 is 11.6 Å². The molecule has 8 nitrogen and oxygen atoms in total. The van der Waals surface area contributed by atoms with Gasteiger partial charge in [-0.15, -0.1) is 0 Å². The van der Waals surface area contributed by atoms with Gasteiger partial charge in [-0.2, -0.15) is 0 Å². The average molecular weight is 593 g/mol. The van der Waals surface area contributed by atoms with E-state index >= 15 is 0 Å². The third-order valence-electron chi connectivity index (χ3n) is 7.90. The van der Waals surface area contributed by atoms with Gasteiger partial charge in [0.25, 0.3) is 0 Å². The number of aliphatic hydroxyl groups excluding tert-OH is 1. The van der Waals surface area contributed by atoms with Gasteiger partial charge in [0, 0.05) is 42.3 Å². The second-order valence-electron chi connectivity index (χ2n) is 10.8. The monoisotopic (exact) mass is 592 g/mol. The smallest absolute Gasteiger partial charge is 0.411 e. The van der Waals surface area contributed by atoms with Gasteiger partial charge in [0.05, 0.1) is 24.4 Å². The molecule has 0 aliphatic carbocycles. The predicted octanol–water partition coefficient (Wildman–Crippen LogP) is 6.10. The summed E-state index contributed by atoms with van der Waals surface area (Å²) in [5.74, 6) is 0. The summed E-state index contributed by atoms with van der Waals surface area (Å²) >= 11 is 6.05. The van der Waals surface area contributed by atoms with E-state index in [9.17, 15) is 15.0 Å². The highest BCUT2D eigenvalue weighted by atomic mass is 35.5. The number of nitrogens with one attached hydrogen (secondary N) is 1. The van der Waals surface area contributed by atoms with Gasteiger partial charge in [-0.05, 0) is 53.8 Å². The molecule has 0 radical (unpaired) electrons. The first-order valence-corrected chi connectivity index (χ1v) is 14.6. The summed E-state index contributed by atoms with van der Waals surface area (Å²) in [5.41, 5.74) is 3.31. The molecule has 2 fully saturated rings. The Bertz CT molecular complexity index is 1320. The summed E-state index contributed by atoms with van der Waals surface area (Å²) in [6, 6.07) is 22.6. The number of carbonyl (C=O) groups is 1. The van der Waals surface area contributed by atoms with Gasteiger partial charge >= 0.3 is 6.09 Å². The molecule has 3 unspecified atom stereocenters. The first-order valence-electron chi connectivity index (χ1n) is 14.2. The van der Waals surface area contributed by atoms with Crippen LogP contribution in [0.3, 0.4) is 0 Å². The number of amides is 1. The first kappa shape index (κ1) is 30.2. The summed E-state index contributed by atoms with van der Waals surface area (Å²) in [4.78, 5) is 14.2.